The summed E-state index contributed by atoms with van der Waals surface area (Å²) in [6.07, 6.45) is 7.36. The van der Waals surface area contributed by atoms with Gasteiger partial charge in [-0.2, -0.15) is 11.8 Å². The predicted octanol–water partition coefficient (Wildman–Crippen LogP) is 1.06. The van der Waals surface area contributed by atoms with Crippen LogP contribution in [0.4, 0.5) is 0 Å². The van der Waals surface area contributed by atoms with Gasteiger partial charge in [0.25, 0.3) is 5.91 Å². The highest BCUT2D eigenvalue weighted by atomic mass is 32.2. The van der Waals surface area contributed by atoms with Crippen LogP contribution < -0.4 is 11.2 Å². The summed E-state index contributed by atoms with van der Waals surface area (Å²) in [6.45, 7) is 0. The summed E-state index contributed by atoms with van der Waals surface area (Å²) in [6, 6.07) is -0.446. The zero-order chi connectivity index (χ0) is 11.1. The summed E-state index contributed by atoms with van der Waals surface area (Å²) in [5.74, 6) is 0.703. The number of thioether (sulfide) groups is 1. The Morgan fingerprint density at radius 2 is 2.27 bits per heavy atom. The maximum absolute atomic E-state index is 11.4. The average molecular weight is 232 g/mol. The smallest absolute Gasteiger partial charge is 0.260 e. The van der Waals surface area contributed by atoms with Gasteiger partial charge in [0.15, 0.2) is 0 Å². The molecule has 1 aliphatic carbocycles. The molecule has 4 nitrogen and oxygen atoms in total. The monoisotopic (exact) mass is 232 g/mol. The fraction of sp³-hybridized carbons (Fsp3) is 0.900. The second kappa shape index (κ2) is 7.09. The Morgan fingerprint density at radius 3 is 2.87 bits per heavy atom. The van der Waals surface area contributed by atoms with Crippen molar-refractivity contribution in [2.45, 2.75) is 44.2 Å². The maximum Gasteiger partial charge on any atom is 0.260 e. The van der Waals surface area contributed by atoms with Crippen molar-refractivity contribution in [1.29, 1.82) is 0 Å². The second-order valence-electron chi connectivity index (χ2n) is 3.88. The summed E-state index contributed by atoms with van der Waals surface area (Å²) in [5, 5.41) is 0. The molecule has 1 atom stereocenters. The van der Waals surface area contributed by atoms with Crippen LogP contribution in [-0.4, -0.2) is 30.1 Å². The van der Waals surface area contributed by atoms with Gasteiger partial charge in [0.2, 0.25) is 0 Å². The Hall–Kier alpha value is -0.260. The molecule has 0 aromatic heterocycles. The number of rotatable bonds is 6. The van der Waals surface area contributed by atoms with Crippen LogP contribution in [0.5, 0.6) is 0 Å². The van der Waals surface area contributed by atoms with Crippen LogP contribution in [0.2, 0.25) is 0 Å². The summed E-state index contributed by atoms with van der Waals surface area (Å²) in [5.41, 5.74) is 8.14. The minimum Gasteiger partial charge on any atom is -0.320 e. The molecule has 0 aliphatic heterocycles. The van der Waals surface area contributed by atoms with Crippen molar-refractivity contribution in [1.82, 2.24) is 5.48 Å². The SMILES string of the molecule is CSCC[C@@H](N)C(=O)NOC1CCCC1. The van der Waals surface area contributed by atoms with E-state index in [0.29, 0.717) is 6.42 Å². The summed E-state index contributed by atoms with van der Waals surface area (Å²) in [4.78, 5) is 16.7. The Balaban J connectivity index is 2.11. The molecule has 0 aromatic rings. The number of nitrogens with two attached hydrogens (primary N) is 1. The van der Waals surface area contributed by atoms with Gasteiger partial charge in [0, 0.05) is 0 Å². The van der Waals surface area contributed by atoms with Crippen molar-refractivity contribution in [3.05, 3.63) is 0 Å². The van der Waals surface area contributed by atoms with Crippen LogP contribution in [0, 0.1) is 0 Å². The normalized spacial score (nSPS) is 19.1. The van der Waals surface area contributed by atoms with Crippen molar-refractivity contribution in [2.24, 2.45) is 5.73 Å². The zero-order valence-electron chi connectivity index (χ0n) is 9.20. The Morgan fingerprint density at radius 1 is 1.60 bits per heavy atom. The molecule has 1 saturated carbocycles. The van der Waals surface area contributed by atoms with E-state index in [4.69, 9.17) is 10.6 Å². The molecule has 0 aromatic carbocycles. The van der Waals surface area contributed by atoms with Crippen LogP contribution in [0.25, 0.3) is 0 Å². The van der Waals surface area contributed by atoms with Crippen LogP contribution in [0.3, 0.4) is 0 Å². The molecule has 15 heavy (non-hydrogen) atoms. The molecule has 0 bridgehead atoms. The minimum atomic E-state index is -0.446. The third-order valence-corrected chi connectivity index (χ3v) is 3.24. The molecule has 5 heteroatoms. The average Bonchev–Trinajstić information content (AvgIpc) is 2.75. The van der Waals surface area contributed by atoms with Crippen molar-refractivity contribution >= 4 is 17.7 Å². The molecule has 1 fully saturated rings. The van der Waals surface area contributed by atoms with Crippen LogP contribution >= 0.6 is 11.8 Å². The molecule has 1 amide bonds. The number of amides is 1. The van der Waals surface area contributed by atoms with E-state index < -0.39 is 6.04 Å². The first kappa shape index (κ1) is 12.8. The second-order valence-corrected chi connectivity index (χ2v) is 4.86. The molecule has 0 saturated heterocycles. The largest absolute Gasteiger partial charge is 0.320 e. The molecule has 0 unspecified atom stereocenters. The lowest BCUT2D eigenvalue weighted by Crippen LogP contribution is -2.42. The Bertz CT molecular complexity index is 196. The van der Waals surface area contributed by atoms with Crippen LogP contribution in [0.15, 0.2) is 0 Å². The third-order valence-electron chi connectivity index (χ3n) is 2.60. The standard InChI is InChI=1S/C10H20N2O2S/c1-15-7-6-9(11)10(13)12-14-8-4-2-3-5-8/h8-9H,2-7,11H2,1H3,(H,12,13)/t9-/m1/s1. The summed E-state index contributed by atoms with van der Waals surface area (Å²) in [7, 11) is 0. The number of hydroxylamine groups is 1. The van der Waals surface area contributed by atoms with Gasteiger partial charge in [0.1, 0.15) is 0 Å². The van der Waals surface area contributed by atoms with Gasteiger partial charge in [-0.1, -0.05) is 12.8 Å². The van der Waals surface area contributed by atoms with Gasteiger partial charge in [-0.25, -0.2) is 5.48 Å². The highest BCUT2D eigenvalue weighted by Gasteiger charge is 2.19. The van der Waals surface area contributed by atoms with E-state index in [9.17, 15) is 4.79 Å². The Kier molecular flexibility index (Phi) is 6.05. The minimum absolute atomic E-state index is 0.196. The van der Waals surface area contributed by atoms with Gasteiger partial charge >= 0.3 is 0 Å². The van der Waals surface area contributed by atoms with Gasteiger partial charge in [-0.3, -0.25) is 9.63 Å². The van der Waals surface area contributed by atoms with Crippen molar-refractivity contribution in [3.8, 4) is 0 Å². The lowest BCUT2D eigenvalue weighted by molar-refractivity contribution is -0.139. The van der Waals surface area contributed by atoms with E-state index in [-0.39, 0.29) is 12.0 Å². The van der Waals surface area contributed by atoms with E-state index in [1.807, 2.05) is 6.26 Å². The number of hydrogen-bond acceptors (Lipinski definition) is 4. The first-order valence-corrected chi connectivity index (χ1v) is 6.83. The topological polar surface area (TPSA) is 64.4 Å². The summed E-state index contributed by atoms with van der Waals surface area (Å²) < 4.78 is 0. The van der Waals surface area contributed by atoms with Crippen molar-refractivity contribution in [3.63, 3.8) is 0 Å². The lowest BCUT2D eigenvalue weighted by atomic mass is 10.2. The number of hydrogen-bond donors (Lipinski definition) is 2. The molecule has 0 spiro atoms. The number of carbonyl (C=O) groups excluding carboxylic acids is 1. The highest BCUT2D eigenvalue weighted by Crippen LogP contribution is 2.19. The van der Waals surface area contributed by atoms with Gasteiger partial charge in [-0.05, 0) is 31.3 Å². The van der Waals surface area contributed by atoms with Crippen LogP contribution in [0.1, 0.15) is 32.1 Å². The Labute approximate surface area is 95.3 Å². The molecule has 0 heterocycles. The first-order chi connectivity index (χ1) is 7.24. The van der Waals surface area contributed by atoms with Gasteiger partial charge in [-0.15, -0.1) is 0 Å². The maximum atomic E-state index is 11.4. The van der Waals surface area contributed by atoms with Crippen LogP contribution in [-0.2, 0) is 9.63 Å². The number of carbonyl (C=O) groups is 1. The van der Waals surface area contributed by atoms with E-state index in [0.717, 1.165) is 18.6 Å². The molecular formula is C10H20N2O2S. The zero-order valence-corrected chi connectivity index (χ0v) is 10.0. The van der Waals surface area contributed by atoms with Crippen molar-refractivity contribution < 1.29 is 9.63 Å². The van der Waals surface area contributed by atoms with E-state index in [1.54, 1.807) is 11.8 Å². The fourth-order valence-corrected chi connectivity index (χ4v) is 2.09. The third kappa shape index (κ3) is 4.86. The number of nitrogens with one attached hydrogen (secondary N) is 1. The molecule has 3 N–H and O–H groups in total. The molecule has 1 aliphatic rings. The van der Waals surface area contributed by atoms with Gasteiger partial charge in [0.05, 0.1) is 12.1 Å². The van der Waals surface area contributed by atoms with E-state index in [2.05, 4.69) is 5.48 Å². The quantitative estimate of drug-likeness (QED) is 0.672. The molecule has 1 rings (SSSR count). The highest BCUT2D eigenvalue weighted by molar-refractivity contribution is 7.98. The predicted molar refractivity (Wildman–Crippen MR) is 62.5 cm³/mol. The first-order valence-electron chi connectivity index (χ1n) is 5.44. The van der Waals surface area contributed by atoms with Crippen molar-refractivity contribution in [2.75, 3.05) is 12.0 Å². The van der Waals surface area contributed by atoms with E-state index in [1.165, 1.54) is 12.8 Å². The molecule has 0 radical (unpaired) electrons. The van der Waals surface area contributed by atoms with Gasteiger partial charge < -0.3 is 5.73 Å². The molecular weight excluding hydrogens is 212 g/mol. The summed E-state index contributed by atoms with van der Waals surface area (Å²) >= 11 is 1.69. The fourth-order valence-electron chi connectivity index (χ4n) is 1.60. The lowest BCUT2D eigenvalue weighted by Gasteiger charge is -2.14. The van der Waals surface area contributed by atoms with E-state index >= 15 is 0 Å². The molecule has 88 valence electrons.